The lowest BCUT2D eigenvalue weighted by molar-refractivity contribution is 1.13. The average molecular weight is 213 g/mol. The molecule has 3 heteroatoms. The first-order valence-electron chi connectivity index (χ1n) is 5.43. The van der Waals surface area contributed by atoms with Crippen molar-refractivity contribution in [3.8, 4) is 11.3 Å². The Kier molecular flexibility index (Phi) is 3.15. The summed E-state index contributed by atoms with van der Waals surface area (Å²) in [5.74, 6) is 0.650. The molecule has 1 heterocycles. The molecular weight excluding hydrogens is 198 g/mol. The van der Waals surface area contributed by atoms with Crippen LogP contribution in [0.5, 0.6) is 0 Å². The highest BCUT2D eigenvalue weighted by Gasteiger charge is 2.00. The summed E-state index contributed by atoms with van der Waals surface area (Å²) in [5, 5.41) is 2.94. The Bertz CT molecular complexity index is 463. The summed E-state index contributed by atoms with van der Waals surface area (Å²) < 4.78 is 0. The van der Waals surface area contributed by atoms with E-state index in [2.05, 4.69) is 46.5 Å². The standard InChI is InChI=1S/C13H15N3/c1-3-10-4-6-11(7-5-10)12-8-9-15-13(14-2)16-12/h4-9H,3H2,1-2H3,(H,14,15,16). The predicted molar refractivity (Wildman–Crippen MR) is 66.4 cm³/mol. The lowest BCUT2D eigenvalue weighted by Crippen LogP contribution is -1.96. The van der Waals surface area contributed by atoms with E-state index >= 15 is 0 Å². The third kappa shape index (κ3) is 2.19. The van der Waals surface area contributed by atoms with Crippen molar-refractivity contribution in [1.82, 2.24) is 9.97 Å². The zero-order chi connectivity index (χ0) is 11.4. The second kappa shape index (κ2) is 4.75. The van der Waals surface area contributed by atoms with E-state index in [1.807, 2.05) is 13.1 Å². The molecule has 0 aliphatic carbocycles. The minimum atomic E-state index is 0.650. The van der Waals surface area contributed by atoms with Gasteiger partial charge in [-0.2, -0.15) is 0 Å². The lowest BCUT2D eigenvalue weighted by atomic mass is 10.1. The van der Waals surface area contributed by atoms with Crippen LogP contribution in [0.25, 0.3) is 11.3 Å². The third-order valence-corrected chi connectivity index (χ3v) is 2.54. The molecule has 2 rings (SSSR count). The summed E-state index contributed by atoms with van der Waals surface area (Å²) in [5.41, 5.74) is 3.41. The summed E-state index contributed by atoms with van der Waals surface area (Å²) in [4.78, 5) is 8.49. The van der Waals surface area contributed by atoms with E-state index in [4.69, 9.17) is 0 Å². The Labute approximate surface area is 95.6 Å². The Hall–Kier alpha value is -1.90. The van der Waals surface area contributed by atoms with Gasteiger partial charge in [-0.05, 0) is 18.1 Å². The van der Waals surface area contributed by atoms with Crippen molar-refractivity contribution >= 4 is 5.95 Å². The second-order valence-corrected chi connectivity index (χ2v) is 3.57. The molecule has 1 N–H and O–H groups in total. The van der Waals surface area contributed by atoms with Crippen LogP contribution in [0.4, 0.5) is 5.95 Å². The molecule has 2 aromatic rings. The van der Waals surface area contributed by atoms with Crippen LogP contribution in [0.3, 0.4) is 0 Å². The van der Waals surface area contributed by atoms with Gasteiger partial charge in [0.25, 0.3) is 0 Å². The van der Waals surface area contributed by atoms with E-state index in [1.165, 1.54) is 5.56 Å². The summed E-state index contributed by atoms with van der Waals surface area (Å²) in [6.45, 7) is 2.15. The fourth-order valence-corrected chi connectivity index (χ4v) is 1.55. The highest BCUT2D eigenvalue weighted by molar-refractivity contribution is 5.60. The van der Waals surface area contributed by atoms with Crippen molar-refractivity contribution in [3.63, 3.8) is 0 Å². The van der Waals surface area contributed by atoms with Crippen LogP contribution >= 0.6 is 0 Å². The van der Waals surface area contributed by atoms with Crippen molar-refractivity contribution in [3.05, 3.63) is 42.1 Å². The minimum Gasteiger partial charge on any atom is -0.357 e. The first kappa shape index (κ1) is 10.6. The van der Waals surface area contributed by atoms with Gasteiger partial charge >= 0.3 is 0 Å². The van der Waals surface area contributed by atoms with Crippen LogP contribution in [0.15, 0.2) is 36.5 Å². The Balaban J connectivity index is 2.34. The third-order valence-electron chi connectivity index (χ3n) is 2.54. The number of anilines is 1. The van der Waals surface area contributed by atoms with Gasteiger partial charge in [0, 0.05) is 18.8 Å². The minimum absolute atomic E-state index is 0.650. The van der Waals surface area contributed by atoms with Gasteiger partial charge in [-0.1, -0.05) is 31.2 Å². The van der Waals surface area contributed by atoms with Crippen molar-refractivity contribution in [2.45, 2.75) is 13.3 Å². The van der Waals surface area contributed by atoms with Gasteiger partial charge in [-0.3, -0.25) is 0 Å². The zero-order valence-corrected chi connectivity index (χ0v) is 9.57. The van der Waals surface area contributed by atoms with Gasteiger partial charge in [0.2, 0.25) is 5.95 Å². The number of benzene rings is 1. The zero-order valence-electron chi connectivity index (χ0n) is 9.57. The van der Waals surface area contributed by atoms with Gasteiger partial charge in [0.1, 0.15) is 0 Å². The van der Waals surface area contributed by atoms with Gasteiger partial charge in [-0.25, -0.2) is 9.97 Å². The Morgan fingerprint density at radius 1 is 1.12 bits per heavy atom. The number of aromatic nitrogens is 2. The fraction of sp³-hybridized carbons (Fsp3) is 0.231. The molecule has 0 unspecified atom stereocenters. The largest absolute Gasteiger partial charge is 0.357 e. The molecule has 0 amide bonds. The molecule has 0 radical (unpaired) electrons. The normalized spacial score (nSPS) is 10.1. The summed E-state index contributed by atoms with van der Waals surface area (Å²) >= 11 is 0. The number of nitrogens with one attached hydrogen (secondary N) is 1. The van der Waals surface area contributed by atoms with E-state index in [0.717, 1.165) is 17.7 Å². The van der Waals surface area contributed by atoms with Crippen LogP contribution in [-0.4, -0.2) is 17.0 Å². The topological polar surface area (TPSA) is 37.8 Å². The molecule has 1 aromatic heterocycles. The highest BCUT2D eigenvalue weighted by atomic mass is 15.1. The molecule has 0 aliphatic rings. The smallest absolute Gasteiger partial charge is 0.222 e. The van der Waals surface area contributed by atoms with Crippen LogP contribution in [0.2, 0.25) is 0 Å². The number of hydrogen-bond donors (Lipinski definition) is 1. The summed E-state index contributed by atoms with van der Waals surface area (Å²) in [6, 6.07) is 10.4. The van der Waals surface area contributed by atoms with E-state index in [9.17, 15) is 0 Å². The van der Waals surface area contributed by atoms with E-state index in [-0.39, 0.29) is 0 Å². The molecule has 0 saturated carbocycles. The van der Waals surface area contributed by atoms with Crippen LogP contribution in [-0.2, 0) is 6.42 Å². The SMILES string of the molecule is CCc1ccc(-c2ccnc(NC)n2)cc1. The maximum absolute atomic E-state index is 4.39. The van der Waals surface area contributed by atoms with Crippen molar-refractivity contribution in [2.24, 2.45) is 0 Å². The van der Waals surface area contributed by atoms with E-state index < -0.39 is 0 Å². The summed E-state index contributed by atoms with van der Waals surface area (Å²) in [6.07, 6.45) is 2.83. The molecule has 0 bridgehead atoms. The maximum atomic E-state index is 4.39. The average Bonchev–Trinajstić information content (AvgIpc) is 2.39. The monoisotopic (exact) mass is 213 g/mol. The second-order valence-electron chi connectivity index (χ2n) is 3.57. The first-order valence-corrected chi connectivity index (χ1v) is 5.43. The fourth-order valence-electron chi connectivity index (χ4n) is 1.55. The first-order chi connectivity index (χ1) is 7.83. The number of rotatable bonds is 3. The molecule has 0 fully saturated rings. The lowest BCUT2D eigenvalue weighted by Gasteiger charge is -2.04. The van der Waals surface area contributed by atoms with Crippen LogP contribution < -0.4 is 5.32 Å². The molecule has 0 spiro atoms. The molecule has 0 saturated heterocycles. The molecule has 82 valence electrons. The molecule has 3 nitrogen and oxygen atoms in total. The summed E-state index contributed by atoms with van der Waals surface area (Å²) in [7, 11) is 1.82. The number of aryl methyl sites for hydroxylation is 1. The van der Waals surface area contributed by atoms with Gasteiger partial charge < -0.3 is 5.32 Å². The van der Waals surface area contributed by atoms with Crippen LogP contribution in [0.1, 0.15) is 12.5 Å². The number of hydrogen-bond acceptors (Lipinski definition) is 3. The molecule has 16 heavy (non-hydrogen) atoms. The maximum Gasteiger partial charge on any atom is 0.222 e. The van der Waals surface area contributed by atoms with Crippen molar-refractivity contribution in [1.29, 1.82) is 0 Å². The van der Waals surface area contributed by atoms with Crippen LogP contribution in [0, 0.1) is 0 Å². The highest BCUT2D eigenvalue weighted by Crippen LogP contribution is 2.18. The van der Waals surface area contributed by atoms with Gasteiger partial charge in [0.05, 0.1) is 5.69 Å². The Morgan fingerprint density at radius 3 is 2.50 bits per heavy atom. The molecular formula is C13H15N3. The number of nitrogens with zero attached hydrogens (tertiary/aromatic N) is 2. The molecule has 0 atom stereocenters. The van der Waals surface area contributed by atoms with Gasteiger partial charge in [-0.15, -0.1) is 0 Å². The van der Waals surface area contributed by atoms with Crippen molar-refractivity contribution < 1.29 is 0 Å². The molecule has 0 aliphatic heterocycles. The van der Waals surface area contributed by atoms with E-state index in [1.54, 1.807) is 6.20 Å². The quantitative estimate of drug-likeness (QED) is 0.851. The molecule has 1 aromatic carbocycles. The Morgan fingerprint density at radius 2 is 1.88 bits per heavy atom. The van der Waals surface area contributed by atoms with E-state index in [0.29, 0.717) is 5.95 Å². The van der Waals surface area contributed by atoms with Crippen molar-refractivity contribution in [2.75, 3.05) is 12.4 Å². The van der Waals surface area contributed by atoms with Gasteiger partial charge in [0.15, 0.2) is 0 Å². The predicted octanol–water partition coefficient (Wildman–Crippen LogP) is 2.75.